The Bertz CT molecular complexity index is 1270. The molecule has 11 heteroatoms. The number of hydrogen-bond acceptors (Lipinski definition) is 9. The SMILES string of the molecule is COC(=O)c1ccc(C(=O)OC)c(NC(=O)CSc2nnc(C(C)Oc3ccc(C(C)C)cc3)n2C)c1. The number of aromatic nitrogens is 3. The van der Waals surface area contributed by atoms with Crippen LogP contribution < -0.4 is 10.1 Å². The summed E-state index contributed by atoms with van der Waals surface area (Å²) in [5, 5.41) is 11.6. The van der Waals surface area contributed by atoms with Crippen LogP contribution in [-0.4, -0.2) is 52.6 Å². The first-order valence-corrected chi connectivity index (χ1v) is 12.5. The molecule has 0 spiro atoms. The second kappa shape index (κ2) is 12.4. The van der Waals surface area contributed by atoms with Crippen molar-refractivity contribution in [3.63, 3.8) is 0 Å². The van der Waals surface area contributed by atoms with E-state index in [-0.39, 0.29) is 28.7 Å². The van der Waals surface area contributed by atoms with Crippen LogP contribution >= 0.6 is 11.8 Å². The highest BCUT2D eigenvalue weighted by Crippen LogP contribution is 2.26. The van der Waals surface area contributed by atoms with Crippen molar-refractivity contribution in [3.05, 3.63) is 65.0 Å². The van der Waals surface area contributed by atoms with Crippen molar-refractivity contribution in [1.29, 1.82) is 0 Å². The number of anilines is 1. The number of amides is 1. The van der Waals surface area contributed by atoms with Gasteiger partial charge >= 0.3 is 11.9 Å². The van der Waals surface area contributed by atoms with Crippen molar-refractivity contribution in [2.45, 2.75) is 37.9 Å². The number of thioether (sulfide) groups is 1. The van der Waals surface area contributed by atoms with E-state index >= 15 is 0 Å². The summed E-state index contributed by atoms with van der Waals surface area (Å²) in [5.74, 6) is 0.104. The van der Waals surface area contributed by atoms with Gasteiger partial charge in [0.2, 0.25) is 5.91 Å². The van der Waals surface area contributed by atoms with E-state index in [1.165, 1.54) is 49.7 Å². The Morgan fingerprint density at radius 1 is 0.973 bits per heavy atom. The van der Waals surface area contributed by atoms with Crippen LogP contribution in [0.3, 0.4) is 0 Å². The van der Waals surface area contributed by atoms with Gasteiger partial charge in [0.05, 0.1) is 36.8 Å². The molecule has 1 aromatic heterocycles. The number of rotatable bonds is 10. The average Bonchev–Trinajstić information content (AvgIpc) is 3.26. The van der Waals surface area contributed by atoms with Crippen molar-refractivity contribution in [1.82, 2.24) is 14.8 Å². The molecule has 3 rings (SSSR count). The molecule has 0 radical (unpaired) electrons. The number of methoxy groups -OCH3 is 2. The maximum atomic E-state index is 12.7. The van der Waals surface area contributed by atoms with Gasteiger partial charge in [-0.15, -0.1) is 10.2 Å². The first-order valence-electron chi connectivity index (χ1n) is 11.5. The van der Waals surface area contributed by atoms with E-state index < -0.39 is 17.8 Å². The third-order valence-electron chi connectivity index (χ3n) is 5.54. The molecule has 1 heterocycles. The Labute approximate surface area is 219 Å². The molecule has 0 aliphatic heterocycles. The summed E-state index contributed by atoms with van der Waals surface area (Å²) >= 11 is 1.17. The summed E-state index contributed by atoms with van der Waals surface area (Å²) in [6.45, 7) is 6.15. The van der Waals surface area contributed by atoms with Crippen LogP contribution in [0.15, 0.2) is 47.6 Å². The minimum Gasteiger partial charge on any atom is -0.483 e. The molecule has 0 saturated heterocycles. The summed E-state index contributed by atoms with van der Waals surface area (Å²) < 4.78 is 17.3. The van der Waals surface area contributed by atoms with E-state index in [2.05, 4.69) is 29.4 Å². The molecular weight excluding hydrogens is 496 g/mol. The van der Waals surface area contributed by atoms with Gasteiger partial charge in [0.15, 0.2) is 17.1 Å². The van der Waals surface area contributed by atoms with Crippen LogP contribution in [0.4, 0.5) is 5.69 Å². The Morgan fingerprint density at radius 2 is 1.65 bits per heavy atom. The van der Waals surface area contributed by atoms with Crippen molar-refractivity contribution in [2.24, 2.45) is 7.05 Å². The molecule has 0 aliphatic carbocycles. The number of nitrogens with zero attached hydrogens (tertiary/aromatic N) is 3. The molecule has 0 aliphatic rings. The fourth-order valence-electron chi connectivity index (χ4n) is 3.49. The number of carbonyl (C=O) groups is 3. The lowest BCUT2D eigenvalue weighted by Crippen LogP contribution is -2.18. The van der Waals surface area contributed by atoms with Crippen LogP contribution in [0, 0.1) is 0 Å². The number of carbonyl (C=O) groups excluding carboxylic acids is 3. The maximum absolute atomic E-state index is 12.7. The zero-order chi connectivity index (χ0) is 27.1. The Balaban J connectivity index is 1.66. The van der Waals surface area contributed by atoms with Crippen molar-refractivity contribution in [2.75, 3.05) is 25.3 Å². The highest BCUT2D eigenvalue weighted by Gasteiger charge is 2.20. The lowest BCUT2D eigenvalue weighted by atomic mass is 10.0. The van der Waals surface area contributed by atoms with Crippen LogP contribution in [-0.2, 0) is 21.3 Å². The monoisotopic (exact) mass is 526 g/mol. The molecule has 196 valence electrons. The van der Waals surface area contributed by atoms with Crippen molar-refractivity contribution in [3.8, 4) is 5.75 Å². The number of nitrogens with one attached hydrogen (secondary N) is 1. The fourth-order valence-corrected chi connectivity index (χ4v) is 4.21. The molecule has 0 bridgehead atoms. The Morgan fingerprint density at radius 3 is 2.27 bits per heavy atom. The van der Waals surface area contributed by atoms with Gasteiger partial charge in [-0.05, 0) is 48.7 Å². The van der Waals surface area contributed by atoms with Gasteiger partial charge < -0.3 is 24.1 Å². The zero-order valence-electron chi connectivity index (χ0n) is 21.6. The number of esters is 2. The fraction of sp³-hybridized carbons (Fsp3) is 0.346. The Hall–Kier alpha value is -3.86. The summed E-state index contributed by atoms with van der Waals surface area (Å²) in [5.41, 5.74) is 1.67. The predicted octanol–water partition coefficient (Wildman–Crippen LogP) is 4.38. The van der Waals surface area contributed by atoms with E-state index in [0.717, 1.165) is 5.75 Å². The summed E-state index contributed by atoms with van der Waals surface area (Å²) in [6.07, 6.45) is -0.366. The molecule has 1 amide bonds. The van der Waals surface area contributed by atoms with Gasteiger partial charge in [-0.25, -0.2) is 9.59 Å². The summed E-state index contributed by atoms with van der Waals surface area (Å²) in [7, 11) is 4.27. The van der Waals surface area contributed by atoms with E-state index in [0.29, 0.717) is 16.9 Å². The van der Waals surface area contributed by atoms with Crippen LogP contribution in [0.1, 0.15) is 64.9 Å². The molecule has 1 N–H and O–H groups in total. The molecule has 10 nitrogen and oxygen atoms in total. The highest BCUT2D eigenvalue weighted by molar-refractivity contribution is 7.99. The number of benzene rings is 2. The number of ether oxygens (including phenoxy) is 3. The predicted molar refractivity (Wildman–Crippen MR) is 139 cm³/mol. The first-order chi connectivity index (χ1) is 17.6. The van der Waals surface area contributed by atoms with Gasteiger partial charge in [-0.2, -0.15) is 0 Å². The second-order valence-electron chi connectivity index (χ2n) is 8.46. The van der Waals surface area contributed by atoms with Gasteiger partial charge in [0.1, 0.15) is 5.75 Å². The number of hydrogen-bond donors (Lipinski definition) is 1. The third kappa shape index (κ3) is 6.88. The van der Waals surface area contributed by atoms with Crippen LogP contribution in [0.25, 0.3) is 0 Å². The first kappa shape index (κ1) is 27.7. The lowest BCUT2D eigenvalue weighted by molar-refractivity contribution is -0.113. The molecule has 3 aromatic rings. The van der Waals surface area contributed by atoms with Gasteiger partial charge in [0.25, 0.3) is 0 Å². The van der Waals surface area contributed by atoms with E-state index in [1.807, 2.05) is 31.2 Å². The summed E-state index contributed by atoms with van der Waals surface area (Å²) in [4.78, 5) is 36.7. The molecule has 2 aromatic carbocycles. The minimum atomic E-state index is -0.648. The molecule has 37 heavy (non-hydrogen) atoms. The van der Waals surface area contributed by atoms with Crippen LogP contribution in [0.5, 0.6) is 5.75 Å². The average molecular weight is 527 g/mol. The second-order valence-corrected chi connectivity index (χ2v) is 9.41. The summed E-state index contributed by atoms with van der Waals surface area (Å²) in [6, 6.07) is 12.1. The quantitative estimate of drug-likeness (QED) is 0.303. The minimum absolute atomic E-state index is 0.0130. The van der Waals surface area contributed by atoms with Gasteiger partial charge in [-0.1, -0.05) is 37.7 Å². The molecule has 1 atom stereocenters. The van der Waals surface area contributed by atoms with Crippen molar-refractivity contribution < 1.29 is 28.6 Å². The molecule has 1 unspecified atom stereocenters. The van der Waals surface area contributed by atoms with Crippen molar-refractivity contribution >= 4 is 35.3 Å². The molecular formula is C26H30N4O6S. The van der Waals surface area contributed by atoms with E-state index in [4.69, 9.17) is 14.2 Å². The normalized spacial score (nSPS) is 11.6. The molecule has 0 fully saturated rings. The standard InChI is InChI=1S/C26H30N4O6S/c1-15(2)17-7-10-19(11-8-17)36-16(3)23-28-29-26(30(23)4)37-14-22(31)27-21-13-18(24(32)34-5)9-12-20(21)25(33)35-6/h7-13,15-16H,14H2,1-6H3,(H,27,31). The van der Waals surface area contributed by atoms with Gasteiger partial charge in [-0.3, -0.25) is 4.79 Å². The van der Waals surface area contributed by atoms with Crippen LogP contribution in [0.2, 0.25) is 0 Å². The van der Waals surface area contributed by atoms with Gasteiger partial charge in [0, 0.05) is 7.05 Å². The van der Waals surface area contributed by atoms with E-state index in [9.17, 15) is 14.4 Å². The highest BCUT2D eigenvalue weighted by atomic mass is 32.2. The molecule has 0 saturated carbocycles. The topological polar surface area (TPSA) is 122 Å². The van der Waals surface area contributed by atoms with E-state index in [1.54, 1.807) is 11.6 Å². The smallest absolute Gasteiger partial charge is 0.339 e. The third-order valence-corrected chi connectivity index (χ3v) is 6.56. The maximum Gasteiger partial charge on any atom is 0.339 e. The Kier molecular flexibility index (Phi) is 9.29. The zero-order valence-corrected chi connectivity index (χ0v) is 22.4. The largest absolute Gasteiger partial charge is 0.483 e. The lowest BCUT2D eigenvalue weighted by Gasteiger charge is -2.15.